The van der Waals surface area contributed by atoms with Crippen LogP contribution < -0.4 is 4.90 Å². The van der Waals surface area contributed by atoms with E-state index in [4.69, 9.17) is 16.6 Å². The molecule has 0 unspecified atom stereocenters. The van der Waals surface area contributed by atoms with Crippen molar-refractivity contribution < 1.29 is 9.90 Å². The third kappa shape index (κ3) is 4.49. The van der Waals surface area contributed by atoms with E-state index < -0.39 is 0 Å². The number of hydrogen-bond donors (Lipinski definition) is 1. The fraction of sp³-hybridized carbons (Fsp3) is 0.120. The van der Waals surface area contributed by atoms with Crippen LogP contribution >= 0.6 is 35.1 Å². The van der Waals surface area contributed by atoms with Crippen LogP contribution in [-0.2, 0) is 11.2 Å². The zero-order valence-electron chi connectivity index (χ0n) is 17.7. The van der Waals surface area contributed by atoms with Crippen LogP contribution in [0.1, 0.15) is 5.56 Å². The van der Waals surface area contributed by atoms with E-state index in [1.54, 1.807) is 40.9 Å². The molecule has 0 bridgehead atoms. The summed E-state index contributed by atoms with van der Waals surface area (Å²) in [6.45, 7) is 0.525. The predicted molar refractivity (Wildman–Crippen MR) is 137 cm³/mol. The fourth-order valence-corrected chi connectivity index (χ4v) is 6.17. The number of nitrogens with zero attached hydrogens (tertiary/aromatic N) is 3. The number of amides is 1. The zero-order valence-corrected chi connectivity index (χ0v) is 20.1. The first-order valence-electron chi connectivity index (χ1n) is 10.4. The molecule has 5 rings (SSSR count). The van der Waals surface area contributed by atoms with Gasteiger partial charge in [0.2, 0.25) is 0 Å². The van der Waals surface area contributed by atoms with Crippen molar-refractivity contribution in [1.82, 2.24) is 4.90 Å². The number of thioether (sulfide) groups is 2. The fourth-order valence-electron chi connectivity index (χ4n) is 3.66. The smallest absolute Gasteiger partial charge is 0.269 e. The second kappa shape index (κ2) is 9.17. The lowest BCUT2D eigenvalue weighted by atomic mass is 10.1. The maximum atomic E-state index is 13.6. The highest BCUT2D eigenvalue weighted by Crippen LogP contribution is 2.50. The Balaban J connectivity index is 1.50. The quantitative estimate of drug-likeness (QED) is 0.434. The van der Waals surface area contributed by atoms with E-state index in [2.05, 4.69) is 12.1 Å². The lowest BCUT2D eigenvalue weighted by Gasteiger charge is -2.17. The summed E-state index contributed by atoms with van der Waals surface area (Å²) in [7, 11) is 1.95. The molecule has 8 heteroatoms. The number of amidine groups is 1. The van der Waals surface area contributed by atoms with Crippen LogP contribution in [0.5, 0.6) is 5.75 Å². The predicted octanol–water partition coefficient (Wildman–Crippen LogP) is 6.26. The summed E-state index contributed by atoms with van der Waals surface area (Å²) in [5.74, 6) is 0.125. The number of phenolic OH excluding ortho intramolecular Hbond substituents is 1. The van der Waals surface area contributed by atoms with Crippen molar-refractivity contribution in [3.63, 3.8) is 0 Å². The van der Waals surface area contributed by atoms with Gasteiger partial charge in [-0.25, -0.2) is 4.99 Å². The van der Waals surface area contributed by atoms with Gasteiger partial charge in [-0.15, -0.1) is 0 Å². The molecule has 0 atom stereocenters. The van der Waals surface area contributed by atoms with Crippen molar-refractivity contribution in [3.05, 3.63) is 93.3 Å². The van der Waals surface area contributed by atoms with Crippen LogP contribution in [0.2, 0.25) is 5.02 Å². The van der Waals surface area contributed by atoms with E-state index in [9.17, 15) is 9.90 Å². The lowest BCUT2D eigenvalue weighted by molar-refractivity contribution is -0.122. The Bertz CT molecular complexity index is 1280. The normalized spacial score (nSPS) is 19.0. The number of carbonyl (C=O) groups excluding carboxylic acids is 1. The van der Waals surface area contributed by atoms with Gasteiger partial charge in [-0.1, -0.05) is 53.7 Å². The Labute approximate surface area is 205 Å². The summed E-state index contributed by atoms with van der Waals surface area (Å²) in [6.07, 6.45) is 0.725. The summed E-state index contributed by atoms with van der Waals surface area (Å²) in [4.78, 5) is 23.8. The minimum absolute atomic E-state index is 0.0540. The summed E-state index contributed by atoms with van der Waals surface area (Å²) < 4.78 is 0. The zero-order chi connectivity index (χ0) is 22.9. The second-order valence-electron chi connectivity index (χ2n) is 7.61. The monoisotopic (exact) mass is 493 g/mol. The van der Waals surface area contributed by atoms with Gasteiger partial charge in [-0.3, -0.25) is 9.69 Å². The van der Waals surface area contributed by atoms with Crippen LogP contribution in [0.3, 0.4) is 0 Å². The van der Waals surface area contributed by atoms with Gasteiger partial charge in [0.05, 0.1) is 16.4 Å². The molecule has 0 aromatic heterocycles. The summed E-state index contributed by atoms with van der Waals surface area (Å²) in [5.41, 5.74) is 2.83. The highest BCUT2D eigenvalue weighted by Gasteiger charge is 2.39. The molecular formula is C25H20ClN3O2S2. The molecule has 3 aromatic carbocycles. The lowest BCUT2D eigenvalue weighted by Crippen LogP contribution is -2.31. The van der Waals surface area contributed by atoms with Crippen molar-refractivity contribution in [2.24, 2.45) is 4.99 Å². The molecule has 0 saturated carbocycles. The Morgan fingerprint density at radius 3 is 2.52 bits per heavy atom. The third-order valence-corrected chi connectivity index (χ3v) is 8.06. The molecule has 2 heterocycles. The number of carbonyl (C=O) groups is 1. The van der Waals surface area contributed by atoms with E-state index in [0.717, 1.165) is 27.6 Å². The maximum absolute atomic E-state index is 13.6. The minimum Gasteiger partial charge on any atom is -0.508 e. The molecular weight excluding hydrogens is 474 g/mol. The van der Waals surface area contributed by atoms with Gasteiger partial charge in [-0.05, 0) is 66.2 Å². The van der Waals surface area contributed by atoms with Gasteiger partial charge in [-0.2, -0.15) is 0 Å². The summed E-state index contributed by atoms with van der Waals surface area (Å²) in [5, 5.41) is 11.8. The van der Waals surface area contributed by atoms with E-state index in [1.807, 2.05) is 48.3 Å². The van der Waals surface area contributed by atoms with E-state index in [-0.39, 0.29) is 11.7 Å². The number of aliphatic imine (C=N–C) groups is 1. The third-order valence-electron chi connectivity index (χ3n) is 5.39. The molecule has 2 aliphatic rings. The average Bonchev–Trinajstić information content (AvgIpc) is 3.30. The standard InChI is InChI=1S/C25H20ClN3O2S2/c1-28-20-15-17(26)7-12-21(20)32-24(28)22-23(31)29(14-13-16-5-3-2-4-6-16)25(33-22)27-18-8-10-19(30)11-9-18/h2-12,15,30H,13-14H2,1H3. The molecule has 1 N–H and O–H groups in total. The van der Waals surface area contributed by atoms with Gasteiger partial charge >= 0.3 is 0 Å². The minimum atomic E-state index is -0.0540. The molecule has 1 saturated heterocycles. The molecule has 1 amide bonds. The SMILES string of the molecule is CN1C(=C2SC(=Nc3ccc(O)cc3)N(CCc3ccccc3)C2=O)Sc2ccc(Cl)cc21. The van der Waals surface area contributed by atoms with Crippen molar-refractivity contribution in [2.75, 3.05) is 18.5 Å². The number of halogens is 1. The van der Waals surface area contributed by atoms with E-state index in [1.165, 1.54) is 11.8 Å². The Morgan fingerprint density at radius 1 is 1.00 bits per heavy atom. The van der Waals surface area contributed by atoms with Crippen LogP contribution in [-0.4, -0.2) is 34.7 Å². The van der Waals surface area contributed by atoms with Crippen LogP contribution in [0.25, 0.3) is 0 Å². The highest BCUT2D eigenvalue weighted by atomic mass is 35.5. The van der Waals surface area contributed by atoms with Crippen molar-refractivity contribution in [3.8, 4) is 5.75 Å². The Hall–Kier alpha value is -2.87. The van der Waals surface area contributed by atoms with Gasteiger partial charge in [0, 0.05) is 23.5 Å². The highest BCUT2D eigenvalue weighted by molar-refractivity contribution is 8.19. The van der Waals surface area contributed by atoms with Crippen LogP contribution in [0.4, 0.5) is 11.4 Å². The molecule has 166 valence electrons. The molecule has 0 aliphatic carbocycles. The second-order valence-corrected chi connectivity index (χ2v) is 10.1. The molecule has 0 spiro atoms. The van der Waals surface area contributed by atoms with Gasteiger partial charge in [0.1, 0.15) is 10.7 Å². The van der Waals surface area contributed by atoms with Crippen molar-refractivity contribution in [1.29, 1.82) is 0 Å². The number of benzene rings is 3. The first-order valence-corrected chi connectivity index (χ1v) is 12.4. The molecule has 2 aliphatic heterocycles. The number of aromatic hydroxyl groups is 1. The number of anilines is 1. The summed E-state index contributed by atoms with van der Waals surface area (Å²) >= 11 is 9.16. The van der Waals surface area contributed by atoms with Gasteiger partial charge in [0.15, 0.2) is 5.17 Å². The van der Waals surface area contributed by atoms with Crippen LogP contribution in [0.15, 0.2) is 92.6 Å². The largest absolute Gasteiger partial charge is 0.508 e. The first kappa shape index (κ1) is 21.9. The van der Waals surface area contributed by atoms with Gasteiger partial charge < -0.3 is 10.0 Å². The Kier molecular flexibility index (Phi) is 6.10. The van der Waals surface area contributed by atoms with Crippen molar-refractivity contribution in [2.45, 2.75) is 11.3 Å². The summed E-state index contributed by atoms with van der Waals surface area (Å²) in [6, 6.07) is 22.5. The topological polar surface area (TPSA) is 56.1 Å². The van der Waals surface area contributed by atoms with E-state index in [0.29, 0.717) is 27.3 Å². The number of rotatable bonds is 4. The average molecular weight is 494 g/mol. The van der Waals surface area contributed by atoms with Gasteiger partial charge in [0.25, 0.3) is 5.91 Å². The molecule has 0 radical (unpaired) electrons. The molecule has 33 heavy (non-hydrogen) atoms. The molecule has 1 fully saturated rings. The van der Waals surface area contributed by atoms with Crippen molar-refractivity contribution >= 4 is 57.6 Å². The number of hydrogen-bond acceptors (Lipinski definition) is 6. The van der Waals surface area contributed by atoms with Crippen LogP contribution in [0, 0.1) is 0 Å². The molecule has 5 nitrogen and oxygen atoms in total. The number of phenols is 1. The molecule has 3 aromatic rings. The first-order chi connectivity index (χ1) is 16.0. The maximum Gasteiger partial charge on any atom is 0.269 e. The Morgan fingerprint density at radius 2 is 1.76 bits per heavy atom. The number of fused-ring (bicyclic) bond motifs is 1. The van der Waals surface area contributed by atoms with E-state index >= 15 is 0 Å².